The summed E-state index contributed by atoms with van der Waals surface area (Å²) in [4.78, 5) is 34.9. The smallest absolute Gasteiger partial charge is 0.414 e. The molecule has 2 saturated heterocycles. The van der Waals surface area contributed by atoms with Crippen molar-refractivity contribution in [2.24, 2.45) is 0 Å². The summed E-state index contributed by atoms with van der Waals surface area (Å²) < 4.78 is 9.26. The number of ether oxygens (including phenoxy) is 2. The number of cyclic esters (lactones) is 2. The van der Waals surface area contributed by atoms with Crippen LogP contribution >= 0.6 is 0 Å². The van der Waals surface area contributed by atoms with Crippen LogP contribution < -0.4 is 0 Å². The third-order valence-electron chi connectivity index (χ3n) is 2.78. The second kappa shape index (κ2) is 3.99. The number of hydrogen-bond donors (Lipinski definition) is 1. The summed E-state index contributed by atoms with van der Waals surface area (Å²) in [5, 5.41) is 8.97. The van der Waals surface area contributed by atoms with E-state index in [1.807, 2.05) is 0 Å². The molecule has 7 heteroatoms. The lowest BCUT2D eigenvalue weighted by Crippen LogP contribution is -2.55. The van der Waals surface area contributed by atoms with E-state index in [0.29, 0.717) is 19.3 Å². The topological polar surface area (TPSA) is 93.1 Å². The van der Waals surface area contributed by atoms with Gasteiger partial charge in [-0.05, 0) is 19.3 Å². The van der Waals surface area contributed by atoms with Gasteiger partial charge in [-0.3, -0.25) is 4.90 Å². The number of carboxylic acids is 1. The number of carboxylic acid groups (broad SMARTS) is 1. The van der Waals surface area contributed by atoms with E-state index in [4.69, 9.17) is 5.11 Å². The van der Waals surface area contributed by atoms with Crippen molar-refractivity contribution in [2.45, 2.75) is 31.3 Å². The molecule has 0 bridgehead atoms. The number of fused-ring (bicyclic) bond motifs is 1. The van der Waals surface area contributed by atoms with Crippen molar-refractivity contribution >= 4 is 18.0 Å². The van der Waals surface area contributed by atoms with Gasteiger partial charge in [0.05, 0.1) is 0 Å². The van der Waals surface area contributed by atoms with E-state index in [2.05, 4.69) is 9.47 Å². The van der Waals surface area contributed by atoms with Gasteiger partial charge in [0.25, 0.3) is 0 Å². The highest BCUT2D eigenvalue weighted by Gasteiger charge is 2.44. The Morgan fingerprint density at radius 2 is 2.06 bits per heavy atom. The quantitative estimate of drug-likeness (QED) is 0.633. The lowest BCUT2D eigenvalue weighted by molar-refractivity contribution is -0.154. The Morgan fingerprint density at radius 1 is 1.31 bits per heavy atom. The number of nitrogens with zero attached hydrogens (tertiary/aromatic N) is 1. The number of aliphatic carboxylic acids is 1. The van der Waals surface area contributed by atoms with Crippen molar-refractivity contribution in [1.82, 2.24) is 4.90 Å². The van der Waals surface area contributed by atoms with Gasteiger partial charge in [-0.2, -0.15) is 0 Å². The summed E-state index contributed by atoms with van der Waals surface area (Å²) in [6.07, 6.45) is 0.509. The van der Waals surface area contributed by atoms with E-state index in [1.165, 1.54) is 0 Å². The van der Waals surface area contributed by atoms with Gasteiger partial charge in [0.1, 0.15) is 12.1 Å². The number of esters is 1. The highest BCUT2D eigenvalue weighted by molar-refractivity contribution is 5.87. The summed E-state index contributed by atoms with van der Waals surface area (Å²) in [7, 11) is 0. The maximum atomic E-state index is 11.5. The maximum absolute atomic E-state index is 11.5. The minimum Gasteiger partial charge on any atom is -0.480 e. The van der Waals surface area contributed by atoms with Gasteiger partial charge >= 0.3 is 18.0 Å². The maximum Gasteiger partial charge on any atom is 0.414 e. The molecule has 2 fully saturated rings. The van der Waals surface area contributed by atoms with Gasteiger partial charge in [-0.1, -0.05) is 0 Å². The second-order valence-corrected chi connectivity index (χ2v) is 3.70. The molecule has 0 spiro atoms. The lowest BCUT2D eigenvalue weighted by Gasteiger charge is -2.35. The second-order valence-electron chi connectivity index (χ2n) is 3.70. The monoisotopic (exact) mass is 229 g/mol. The van der Waals surface area contributed by atoms with Crippen LogP contribution in [0.2, 0.25) is 0 Å². The Kier molecular flexibility index (Phi) is 2.67. The molecule has 1 N–H and O–H groups in total. The highest BCUT2D eigenvalue weighted by Crippen LogP contribution is 2.26. The number of rotatable bonds is 1. The normalized spacial score (nSPS) is 29.9. The van der Waals surface area contributed by atoms with E-state index >= 15 is 0 Å². The summed E-state index contributed by atoms with van der Waals surface area (Å²) in [6.45, 7) is -0.447. The molecule has 2 unspecified atom stereocenters. The number of hydrogen-bond acceptors (Lipinski definition) is 5. The Morgan fingerprint density at radius 3 is 2.75 bits per heavy atom. The SMILES string of the molecule is O=C(O)C1CCCC2C(=O)OCOC(=O)N12. The summed E-state index contributed by atoms with van der Waals surface area (Å²) in [5.41, 5.74) is 0. The molecule has 2 rings (SSSR count). The molecular formula is C9H11NO6. The average molecular weight is 229 g/mol. The van der Waals surface area contributed by atoms with Gasteiger partial charge in [0, 0.05) is 0 Å². The van der Waals surface area contributed by atoms with Crippen LogP contribution in [0.4, 0.5) is 4.79 Å². The summed E-state index contributed by atoms with van der Waals surface area (Å²) in [5.74, 6) is -1.73. The fourth-order valence-corrected chi connectivity index (χ4v) is 2.04. The average Bonchev–Trinajstić information content (AvgIpc) is 2.40. The molecule has 1 amide bonds. The molecule has 88 valence electrons. The van der Waals surface area contributed by atoms with Gasteiger partial charge in [-0.15, -0.1) is 0 Å². The number of carbonyl (C=O) groups is 3. The minimum atomic E-state index is -1.13. The standard InChI is InChI=1S/C9H11NO6/c11-7(12)5-2-1-3-6-8(13)15-4-16-9(14)10(5)6/h5-6H,1-4H2,(H,11,12). The largest absolute Gasteiger partial charge is 0.480 e. The van der Waals surface area contributed by atoms with Gasteiger partial charge < -0.3 is 14.6 Å². The Balaban J connectivity index is 2.30. The van der Waals surface area contributed by atoms with Gasteiger partial charge in [0.15, 0.2) is 0 Å². The number of carbonyl (C=O) groups excluding carboxylic acids is 2. The number of piperidine rings is 1. The van der Waals surface area contributed by atoms with E-state index in [0.717, 1.165) is 4.90 Å². The molecule has 0 radical (unpaired) electrons. The molecule has 2 heterocycles. The van der Waals surface area contributed by atoms with E-state index < -0.39 is 36.9 Å². The first-order chi connectivity index (χ1) is 7.61. The zero-order valence-electron chi connectivity index (χ0n) is 8.42. The highest BCUT2D eigenvalue weighted by atomic mass is 16.7. The molecule has 0 aliphatic carbocycles. The summed E-state index contributed by atoms with van der Waals surface area (Å²) >= 11 is 0. The summed E-state index contributed by atoms with van der Waals surface area (Å²) in [6, 6.07) is -1.83. The molecule has 16 heavy (non-hydrogen) atoms. The third kappa shape index (κ3) is 1.68. The molecule has 0 aromatic rings. The molecular weight excluding hydrogens is 218 g/mol. The molecule has 2 aliphatic rings. The van der Waals surface area contributed by atoms with Crippen LogP contribution in [0.15, 0.2) is 0 Å². The van der Waals surface area contributed by atoms with E-state index in [1.54, 1.807) is 0 Å². The molecule has 0 aromatic carbocycles. The van der Waals surface area contributed by atoms with Crippen LogP contribution in [-0.2, 0) is 19.1 Å². The molecule has 2 aliphatic heterocycles. The Labute approximate surface area is 90.9 Å². The van der Waals surface area contributed by atoms with Crippen LogP contribution in [0, 0.1) is 0 Å². The van der Waals surface area contributed by atoms with Crippen molar-refractivity contribution < 1.29 is 29.0 Å². The van der Waals surface area contributed by atoms with Crippen molar-refractivity contribution in [3.8, 4) is 0 Å². The van der Waals surface area contributed by atoms with Gasteiger partial charge in [-0.25, -0.2) is 14.4 Å². The first kappa shape index (κ1) is 10.7. The zero-order chi connectivity index (χ0) is 11.7. The van der Waals surface area contributed by atoms with Crippen molar-refractivity contribution in [2.75, 3.05) is 6.79 Å². The van der Waals surface area contributed by atoms with Crippen molar-refractivity contribution in [1.29, 1.82) is 0 Å². The van der Waals surface area contributed by atoms with Crippen LogP contribution in [0.25, 0.3) is 0 Å². The van der Waals surface area contributed by atoms with Crippen LogP contribution in [0.3, 0.4) is 0 Å². The van der Waals surface area contributed by atoms with Crippen molar-refractivity contribution in [3.63, 3.8) is 0 Å². The molecule has 2 atom stereocenters. The van der Waals surface area contributed by atoms with E-state index in [-0.39, 0.29) is 0 Å². The zero-order valence-corrected chi connectivity index (χ0v) is 8.42. The predicted molar refractivity (Wildman–Crippen MR) is 48.3 cm³/mol. The fraction of sp³-hybridized carbons (Fsp3) is 0.667. The third-order valence-corrected chi connectivity index (χ3v) is 2.78. The minimum absolute atomic E-state index is 0.328. The van der Waals surface area contributed by atoms with Crippen molar-refractivity contribution in [3.05, 3.63) is 0 Å². The van der Waals surface area contributed by atoms with Crippen LogP contribution in [-0.4, -0.2) is 46.9 Å². The van der Waals surface area contributed by atoms with Crippen LogP contribution in [0.1, 0.15) is 19.3 Å². The lowest BCUT2D eigenvalue weighted by atomic mass is 9.96. The first-order valence-electron chi connectivity index (χ1n) is 4.96. The molecule has 7 nitrogen and oxygen atoms in total. The fourth-order valence-electron chi connectivity index (χ4n) is 2.04. The molecule has 0 saturated carbocycles. The predicted octanol–water partition coefficient (Wildman–Crippen LogP) is -0.0550. The van der Waals surface area contributed by atoms with E-state index in [9.17, 15) is 14.4 Å². The Hall–Kier alpha value is -1.79. The van der Waals surface area contributed by atoms with Gasteiger partial charge in [0.2, 0.25) is 6.79 Å². The molecule has 0 aromatic heterocycles. The first-order valence-corrected chi connectivity index (χ1v) is 4.96. The Bertz CT molecular complexity index is 341. The number of amides is 1. The van der Waals surface area contributed by atoms with Crippen LogP contribution in [0.5, 0.6) is 0 Å².